The van der Waals surface area contributed by atoms with Gasteiger partial charge in [-0.3, -0.25) is 0 Å². The van der Waals surface area contributed by atoms with E-state index in [1.165, 1.54) is 6.26 Å². The summed E-state index contributed by atoms with van der Waals surface area (Å²) < 4.78 is 22.6. The largest absolute Gasteiger partial charge is 0.324 e. The summed E-state index contributed by atoms with van der Waals surface area (Å²) >= 11 is 0. The van der Waals surface area contributed by atoms with Crippen molar-refractivity contribution in [1.29, 1.82) is 0 Å². The van der Waals surface area contributed by atoms with Crippen molar-refractivity contribution in [2.45, 2.75) is 30.7 Å². The van der Waals surface area contributed by atoms with Crippen LogP contribution in [0.1, 0.15) is 31.4 Å². The van der Waals surface area contributed by atoms with Gasteiger partial charge in [-0.1, -0.05) is 12.1 Å². The number of rotatable bonds is 4. The smallest absolute Gasteiger partial charge is 0.175 e. The van der Waals surface area contributed by atoms with Crippen molar-refractivity contribution in [3.63, 3.8) is 0 Å². The molecule has 3 nitrogen and oxygen atoms in total. The van der Waals surface area contributed by atoms with Crippen molar-refractivity contribution >= 4 is 9.84 Å². The Morgan fingerprint density at radius 1 is 1.29 bits per heavy atom. The standard InChI is InChI=1S/C13H17NO2S/c1-3-4-5-6-13(14)11-7-9-12(10-8-11)17(2,15)16/h7-10,13H,5-6,14H2,1-2H3. The van der Waals surface area contributed by atoms with E-state index in [1.807, 2.05) is 0 Å². The van der Waals surface area contributed by atoms with E-state index in [1.54, 1.807) is 31.2 Å². The average Bonchev–Trinajstić information content (AvgIpc) is 2.28. The third-order valence-corrected chi connectivity index (χ3v) is 3.62. The first-order valence-corrected chi connectivity index (χ1v) is 7.29. The van der Waals surface area contributed by atoms with Crippen molar-refractivity contribution in [2.24, 2.45) is 5.73 Å². The summed E-state index contributed by atoms with van der Waals surface area (Å²) in [6.45, 7) is 1.80. The first kappa shape index (κ1) is 13.8. The Morgan fingerprint density at radius 2 is 1.88 bits per heavy atom. The van der Waals surface area contributed by atoms with Gasteiger partial charge in [0.25, 0.3) is 0 Å². The summed E-state index contributed by atoms with van der Waals surface area (Å²) in [6, 6.07) is 6.62. The molecule has 0 spiro atoms. The predicted molar refractivity (Wildman–Crippen MR) is 69.2 cm³/mol. The Bertz CT molecular complexity index is 521. The second kappa shape index (κ2) is 5.85. The van der Waals surface area contributed by atoms with Crippen LogP contribution in [0.25, 0.3) is 0 Å². The summed E-state index contributed by atoms with van der Waals surface area (Å²) in [5, 5.41) is 0. The van der Waals surface area contributed by atoms with Gasteiger partial charge in [-0.25, -0.2) is 8.42 Å². The van der Waals surface area contributed by atoms with Crippen LogP contribution in [0.15, 0.2) is 29.2 Å². The summed E-state index contributed by atoms with van der Waals surface area (Å²) in [7, 11) is -3.13. The quantitative estimate of drug-likeness (QED) is 0.831. The highest BCUT2D eigenvalue weighted by molar-refractivity contribution is 7.90. The zero-order valence-electron chi connectivity index (χ0n) is 10.1. The Kier molecular flexibility index (Phi) is 4.73. The van der Waals surface area contributed by atoms with E-state index in [0.717, 1.165) is 18.4 Å². The predicted octanol–water partition coefficient (Wildman–Crippen LogP) is 1.89. The number of hydrogen-bond acceptors (Lipinski definition) is 3. The van der Waals surface area contributed by atoms with Crippen LogP contribution in [0.5, 0.6) is 0 Å². The van der Waals surface area contributed by atoms with Gasteiger partial charge >= 0.3 is 0 Å². The van der Waals surface area contributed by atoms with Crippen LogP contribution >= 0.6 is 0 Å². The van der Waals surface area contributed by atoms with Crippen LogP contribution in [-0.2, 0) is 9.84 Å². The van der Waals surface area contributed by atoms with Gasteiger partial charge in [-0.2, -0.15) is 0 Å². The third kappa shape index (κ3) is 4.22. The highest BCUT2D eigenvalue weighted by Crippen LogP contribution is 2.18. The molecule has 2 N–H and O–H groups in total. The first-order chi connectivity index (χ1) is 7.95. The highest BCUT2D eigenvalue weighted by atomic mass is 32.2. The van der Waals surface area contributed by atoms with Gasteiger partial charge in [0, 0.05) is 18.7 Å². The van der Waals surface area contributed by atoms with Gasteiger partial charge in [0.2, 0.25) is 0 Å². The maximum absolute atomic E-state index is 11.3. The fraction of sp³-hybridized carbons (Fsp3) is 0.385. The lowest BCUT2D eigenvalue weighted by Gasteiger charge is -2.10. The lowest BCUT2D eigenvalue weighted by atomic mass is 10.0. The fourth-order valence-electron chi connectivity index (χ4n) is 1.48. The molecule has 17 heavy (non-hydrogen) atoms. The number of hydrogen-bond donors (Lipinski definition) is 1. The van der Waals surface area contributed by atoms with Gasteiger partial charge < -0.3 is 5.73 Å². The second-order valence-corrected chi connectivity index (χ2v) is 5.93. The molecule has 92 valence electrons. The molecule has 0 saturated carbocycles. The van der Waals surface area contributed by atoms with Gasteiger partial charge in [0.05, 0.1) is 4.90 Å². The molecule has 0 amide bonds. The molecule has 0 aliphatic rings. The molecule has 1 unspecified atom stereocenters. The lowest BCUT2D eigenvalue weighted by molar-refractivity contribution is 0.601. The number of benzene rings is 1. The minimum atomic E-state index is -3.13. The van der Waals surface area contributed by atoms with Crippen LogP contribution in [0.2, 0.25) is 0 Å². The molecule has 4 heteroatoms. The fourth-order valence-corrected chi connectivity index (χ4v) is 2.11. The molecule has 0 bridgehead atoms. The lowest BCUT2D eigenvalue weighted by Crippen LogP contribution is -2.10. The molecule has 0 heterocycles. The molecule has 1 rings (SSSR count). The summed E-state index contributed by atoms with van der Waals surface area (Å²) in [6.07, 6.45) is 2.73. The third-order valence-electron chi connectivity index (χ3n) is 2.49. The molecule has 0 radical (unpaired) electrons. The molecular formula is C13H17NO2S. The summed E-state index contributed by atoms with van der Waals surface area (Å²) in [5.74, 6) is 5.78. The van der Waals surface area contributed by atoms with Gasteiger partial charge in [0.1, 0.15) is 0 Å². The minimum absolute atomic E-state index is 0.0931. The van der Waals surface area contributed by atoms with Crippen LogP contribution < -0.4 is 5.73 Å². The number of sulfone groups is 1. The van der Waals surface area contributed by atoms with E-state index >= 15 is 0 Å². The van der Waals surface area contributed by atoms with Crippen LogP contribution in [0, 0.1) is 11.8 Å². The van der Waals surface area contributed by atoms with Crippen molar-refractivity contribution in [2.75, 3.05) is 6.26 Å². The van der Waals surface area contributed by atoms with Crippen molar-refractivity contribution in [3.8, 4) is 11.8 Å². The Labute approximate surface area is 103 Å². The van der Waals surface area contributed by atoms with Gasteiger partial charge in [0.15, 0.2) is 9.84 Å². The summed E-state index contributed by atoms with van der Waals surface area (Å²) in [5.41, 5.74) is 6.92. The van der Waals surface area contributed by atoms with E-state index in [0.29, 0.717) is 4.90 Å². The maximum Gasteiger partial charge on any atom is 0.175 e. The van der Waals surface area contributed by atoms with Crippen molar-refractivity contribution in [3.05, 3.63) is 29.8 Å². The molecule has 0 fully saturated rings. The average molecular weight is 251 g/mol. The van der Waals surface area contributed by atoms with Crippen molar-refractivity contribution < 1.29 is 8.42 Å². The van der Waals surface area contributed by atoms with Crippen LogP contribution in [0.3, 0.4) is 0 Å². The molecule has 0 saturated heterocycles. The van der Waals surface area contributed by atoms with E-state index in [4.69, 9.17) is 5.73 Å². The highest BCUT2D eigenvalue weighted by Gasteiger charge is 2.09. The van der Waals surface area contributed by atoms with Crippen LogP contribution in [-0.4, -0.2) is 14.7 Å². The zero-order chi connectivity index (χ0) is 12.9. The number of nitrogens with two attached hydrogens (primary N) is 1. The molecule has 1 aromatic carbocycles. The topological polar surface area (TPSA) is 60.2 Å². The Hall–Kier alpha value is -1.31. The molecule has 0 aliphatic heterocycles. The monoisotopic (exact) mass is 251 g/mol. The van der Waals surface area contributed by atoms with Crippen LogP contribution in [0.4, 0.5) is 0 Å². The van der Waals surface area contributed by atoms with Gasteiger partial charge in [-0.15, -0.1) is 11.8 Å². The van der Waals surface area contributed by atoms with Crippen molar-refractivity contribution in [1.82, 2.24) is 0 Å². The summed E-state index contributed by atoms with van der Waals surface area (Å²) in [4.78, 5) is 0.321. The first-order valence-electron chi connectivity index (χ1n) is 5.40. The Balaban J connectivity index is 2.76. The SMILES string of the molecule is CC#CCCC(N)c1ccc(S(C)(=O)=O)cc1. The molecule has 1 atom stereocenters. The van der Waals surface area contributed by atoms with Gasteiger partial charge in [-0.05, 0) is 31.0 Å². The zero-order valence-corrected chi connectivity index (χ0v) is 10.9. The maximum atomic E-state index is 11.3. The molecule has 1 aromatic rings. The normalized spacial score (nSPS) is 12.6. The van der Waals surface area contributed by atoms with E-state index < -0.39 is 9.84 Å². The van der Waals surface area contributed by atoms with E-state index in [9.17, 15) is 8.42 Å². The molecule has 0 aliphatic carbocycles. The Morgan fingerprint density at radius 3 is 2.35 bits per heavy atom. The van der Waals surface area contributed by atoms with E-state index in [-0.39, 0.29) is 6.04 Å². The molecule has 0 aromatic heterocycles. The van der Waals surface area contributed by atoms with E-state index in [2.05, 4.69) is 11.8 Å². The minimum Gasteiger partial charge on any atom is -0.324 e. The molecular weight excluding hydrogens is 234 g/mol. The second-order valence-electron chi connectivity index (χ2n) is 3.91.